The summed E-state index contributed by atoms with van der Waals surface area (Å²) in [7, 11) is 1.64. The Labute approximate surface area is 148 Å². The van der Waals surface area contributed by atoms with Crippen LogP contribution in [-0.2, 0) is 0 Å². The number of carbonyl (C=O) groups excluding carboxylic acids is 1. The molecule has 0 saturated heterocycles. The number of aromatic nitrogens is 1. The number of carbonyl (C=O) groups is 1. The van der Waals surface area contributed by atoms with Crippen molar-refractivity contribution in [3.05, 3.63) is 71.9 Å². The lowest BCUT2D eigenvalue weighted by Gasteiger charge is -2.28. The molecule has 2 aromatic carbocycles. The first kappa shape index (κ1) is 17.0. The van der Waals surface area contributed by atoms with Gasteiger partial charge in [-0.3, -0.25) is 4.79 Å². The first-order valence-electron chi connectivity index (χ1n) is 8.44. The number of hydrogen-bond acceptors (Lipinski definition) is 3. The predicted octanol–water partition coefficient (Wildman–Crippen LogP) is 4.47. The Morgan fingerprint density at radius 3 is 2.68 bits per heavy atom. The zero-order valence-electron chi connectivity index (χ0n) is 14.8. The normalized spacial score (nSPS) is 12.0. The Balaban J connectivity index is 1.91. The summed E-state index contributed by atoms with van der Waals surface area (Å²) < 4.78 is 5.30. The molecule has 0 bridgehead atoms. The Kier molecular flexibility index (Phi) is 4.98. The Bertz CT molecular complexity index is 892. The molecule has 128 valence electrons. The number of benzene rings is 2. The van der Waals surface area contributed by atoms with E-state index in [4.69, 9.17) is 4.74 Å². The van der Waals surface area contributed by atoms with E-state index in [-0.39, 0.29) is 11.9 Å². The average molecular weight is 334 g/mol. The smallest absolute Gasteiger partial charge is 0.272 e. The van der Waals surface area contributed by atoms with Crippen LogP contribution in [0.1, 0.15) is 35.9 Å². The zero-order valence-corrected chi connectivity index (χ0v) is 14.8. The van der Waals surface area contributed by atoms with E-state index >= 15 is 0 Å². The second-order valence-corrected chi connectivity index (χ2v) is 5.93. The van der Waals surface area contributed by atoms with Gasteiger partial charge in [-0.15, -0.1) is 0 Å². The first-order chi connectivity index (χ1) is 12.1. The summed E-state index contributed by atoms with van der Waals surface area (Å²) in [5.74, 6) is 0.722. The highest BCUT2D eigenvalue weighted by atomic mass is 16.5. The SMILES string of the molecule is CCN(C(=O)c1ccc2ccccc2n1)C(C)c1cccc(OC)c1. The molecule has 4 nitrogen and oxygen atoms in total. The average Bonchev–Trinajstić information content (AvgIpc) is 2.68. The van der Waals surface area contributed by atoms with Crippen LogP contribution in [0.3, 0.4) is 0 Å². The minimum Gasteiger partial charge on any atom is -0.497 e. The third kappa shape index (κ3) is 3.48. The van der Waals surface area contributed by atoms with E-state index in [1.165, 1.54) is 0 Å². The predicted molar refractivity (Wildman–Crippen MR) is 99.9 cm³/mol. The van der Waals surface area contributed by atoms with E-state index in [1.54, 1.807) is 13.2 Å². The van der Waals surface area contributed by atoms with E-state index < -0.39 is 0 Å². The van der Waals surface area contributed by atoms with Crippen LogP contribution in [0.25, 0.3) is 10.9 Å². The molecule has 1 heterocycles. The molecule has 0 fully saturated rings. The third-order valence-corrected chi connectivity index (χ3v) is 4.46. The number of methoxy groups -OCH3 is 1. The quantitative estimate of drug-likeness (QED) is 0.691. The minimum atomic E-state index is -0.0686. The van der Waals surface area contributed by atoms with Gasteiger partial charge >= 0.3 is 0 Å². The van der Waals surface area contributed by atoms with Crippen molar-refractivity contribution >= 4 is 16.8 Å². The van der Waals surface area contributed by atoms with E-state index in [1.807, 2.05) is 73.3 Å². The van der Waals surface area contributed by atoms with Crippen molar-refractivity contribution in [2.45, 2.75) is 19.9 Å². The first-order valence-corrected chi connectivity index (χ1v) is 8.44. The summed E-state index contributed by atoms with van der Waals surface area (Å²) >= 11 is 0. The number of ether oxygens (including phenoxy) is 1. The Morgan fingerprint density at radius 2 is 1.92 bits per heavy atom. The molecule has 1 atom stereocenters. The van der Waals surface area contributed by atoms with Crippen LogP contribution in [-0.4, -0.2) is 29.4 Å². The molecular formula is C21H22N2O2. The van der Waals surface area contributed by atoms with Crippen molar-refractivity contribution in [2.24, 2.45) is 0 Å². The molecular weight excluding hydrogens is 312 g/mol. The van der Waals surface area contributed by atoms with Gasteiger partial charge in [0.15, 0.2) is 0 Å². The van der Waals surface area contributed by atoms with Gasteiger partial charge < -0.3 is 9.64 Å². The van der Waals surface area contributed by atoms with Crippen molar-refractivity contribution in [3.8, 4) is 5.75 Å². The van der Waals surface area contributed by atoms with Crippen molar-refractivity contribution in [3.63, 3.8) is 0 Å². The summed E-state index contributed by atoms with van der Waals surface area (Å²) in [6, 6.07) is 19.3. The van der Waals surface area contributed by atoms with Crippen molar-refractivity contribution < 1.29 is 9.53 Å². The summed E-state index contributed by atoms with van der Waals surface area (Å²) in [5, 5.41) is 1.03. The molecule has 1 aromatic heterocycles. The van der Waals surface area contributed by atoms with Gasteiger partial charge in [0.2, 0.25) is 0 Å². The molecule has 0 aliphatic heterocycles. The fourth-order valence-corrected chi connectivity index (χ4v) is 3.01. The molecule has 0 aliphatic rings. The Hall–Kier alpha value is -2.88. The summed E-state index contributed by atoms with van der Waals surface area (Å²) in [6.07, 6.45) is 0. The van der Waals surface area contributed by atoms with Crippen molar-refractivity contribution in [1.29, 1.82) is 0 Å². The second kappa shape index (κ2) is 7.34. The second-order valence-electron chi connectivity index (χ2n) is 5.93. The number of hydrogen-bond donors (Lipinski definition) is 0. The highest BCUT2D eigenvalue weighted by Crippen LogP contribution is 2.25. The largest absolute Gasteiger partial charge is 0.497 e. The number of fused-ring (bicyclic) bond motifs is 1. The maximum Gasteiger partial charge on any atom is 0.272 e. The van der Waals surface area contributed by atoms with Gasteiger partial charge in [-0.25, -0.2) is 4.98 Å². The monoisotopic (exact) mass is 334 g/mol. The van der Waals surface area contributed by atoms with Gasteiger partial charge in [0.25, 0.3) is 5.91 Å². The van der Waals surface area contributed by atoms with Crippen LogP contribution in [0.4, 0.5) is 0 Å². The van der Waals surface area contributed by atoms with Crippen LogP contribution in [0.2, 0.25) is 0 Å². The molecule has 0 radical (unpaired) electrons. The van der Waals surface area contributed by atoms with E-state index in [9.17, 15) is 4.79 Å². The van der Waals surface area contributed by atoms with Crippen molar-refractivity contribution in [1.82, 2.24) is 9.88 Å². The number of amides is 1. The van der Waals surface area contributed by atoms with Crippen LogP contribution in [0, 0.1) is 0 Å². The molecule has 0 spiro atoms. The lowest BCUT2D eigenvalue weighted by molar-refractivity contribution is 0.0696. The fraction of sp³-hybridized carbons (Fsp3) is 0.238. The molecule has 1 unspecified atom stereocenters. The molecule has 4 heteroatoms. The molecule has 0 saturated carbocycles. The molecule has 0 N–H and O–H groups in total. The lowest BCUT2D eigenvalue weighted by Crippen LogP contribution is -2.34. The van der Waals surface area contributed by atoms with Crippen molar-refractivity contribution in [2.75, 3.05) is 13.7 Å². The highest BCUT2D eigenvalue weighted by molar-refractivity contribution is 5.95. The van der Waals surface area contributed by atoms with Gasteiger partial charge in [-0.2, -0.15) is 0 Å². The number of pyridine rings is 1. The van der Waals surface area contributed by atoms with E-state index in [0.29, 0.717) is 12.2 Å². The van der Waals surface area contributed by atoms with Crippen LogP contribution in [0.5, 0.6) is 5.75 Å². The van der Waals surface area contributed by atoms with Gasteiger partial charge in [-0.05, 0) is 43.7 Å². The molecule has 3 rings (SSSR count). The maximum atomic E-state index is 13.0. The van der Waals surface area contributed by atoms with Gasteiger partial charge in [0.1, 0.15) is 11.4 Å². The highest BCUT2D eigenvalue weighted by Gasteiger charge is 2.22. The fourth-order valence-electron chi connectivity index (χ4n) is 3.01. The van der Waals surface area contributed by atoms with Gasteiger partial charge in [-0.1, -0.05) is 36.4 Å². The van der Waals surface area contributed by atoms with Crippen LogP contribution >= 0.6 is 0 Å². The number of nitrogens with zero attached hydrogens (tertiary/aromatic N) is 2. The summed E-state index contributed by atoms with van der Waals surface area (Å²) in [5.41, 5.74) is 2.34. The lowest BCUT2D eigenvalue weighted by atomic mass is 10.1. The third-order valence-electron chi connectivity index (χ3n) is 4.46. The van der Waals surface area contributed by atoms with Crippen LogP contribution < -0.4 is 4.74 Å². The van der Waals surface area contributed by atoms with E-state index in [2.05, 4.69) is 4.98 Å². The number of rotatable bonds is 5. The zero-order chi connectivity index (χ0) is 17.8. The molecule has 25 heavy (non-hydrogen) atoms. The van der Waals surface area contributed by atoms with Crippen LogP contribution in [0.15, 0.2) is 60.7 Å². The molecule has 0 aliphatic carbocycles. The van der Waals surface area contributed by atoms with Gasteiger partial charge in [0.05, 0.1) is 18.7 Å². The van der Waals surface area contributed by atoms with Gasteiger partial charge in [0, 0.05) is 11.9 Å². The van der Waals surface area contributed by atoms with E-state index in [0.717, 1.165) is 22.2 Å². The minimum absolute atomic E-state index is 0.0661. The molecule has 3 aromatic rings. The standard InChI is InChI=1S/C21H22N2O2/c1-4-23(15(2)17-9-7-10-18(14-17)25-3)21(24)20-13-12-16-8-5-6-11-19(16)22-20/h5-15H,4H2,1-3H3. The summed E-state index contributed by atoms with van der Waals surface area (Å²) in [4.78, 5) is 19.4. The summed E-state index contributed by atoms with van der Waals surface area (Å²) in [6.45, 7) is 4.61. The molecule has 1 amide bonds. The number of para-hydroxylation sites is 1. The maximum absolute atomic E-state index is 13.0. The Morgan fingerprint density at radius 1 is 1.12 bits per heavy atom. The topological polar surface area (TPSA) is 42.4 Å².